The lowest BCUT2D eigenvalue weighted by atomic mass is 9.64. The second-order valence-electron chi connectivity index (χ2n) is 9.03. The molecule has 1 saturated carbocycles. The summed E-state index contributed by atoms with van der Waals surface area (Å²) >= 11 is 1.65. The van der Waals surface area contributed by atoms with Gasteiger partial charge in [0.2, 0.25) is 0 Å². The molecule has 1 aromatic carbocycles. The van der Waals surface area contributed by atoms with Crippen LogP contribution in [0.25, 0.3) is 15.9 Å². The molecule has 7 rings (SSSR count). The van der Waals surface area contributed by atoms with E-state index < -0.39 is 0 Å². The van der Waals surface area contributed by atoms with Gasteiger partial charge in [0, 0.05) is 18.3 Å². The van der Waals surface area contributed by atoms with Crippen LogP contribution in [0.5, 0.6) is 0 Å². The van der Waals surface area contributed by atoms with Crippen LogP contribution >= 0.6 is 11.3 Å². The standard InChI is InChI=1S/C24H25N7OS/c1-14-7-8-19(31-26-9-10-27-31)22(28-14)23(32)30-17-11-16(12-17)15(2)20(30)13-25-24-29-18-5-3-4-6-21(18)33-24/h3-10,15-17,20H,11-13H2,1-2H3,(H,25,29)/t15-,16?,17?,20+/m0/s1. The molecule has 2 aliphatic heterocycles. The predicted octanol–water partition coefficient (Wildman–Crippen LogP) is 3.93. The SMILES string of the molecule is Cc1ccc(-n2nccn2)c(C(=O)N2C3CC(C3)[C@H](C)[C@H]2CNc2nc3ccccc3s2)n1. The fourth-order valence-electron chi connectivity index (χ4n) is 5.20. The molecule has 2 atom stereocenters. The molecular weight excluding hydrogens is 434 g/mol. The summed E-state index contributed by atoms with van der Waals surface area (Å²) in [7, 11) is 0. The molecule has 9 heteroatoms. The van der Waals surface area contributed by atoms with Gasteiger partial charge >= 0.3 is 0 Å². The number of hydrogen-bond acceptors (Lipinski definition) is 7. The molecule has 2 saturated heterocycles. The quantitative estimate of drug-likeness (QED) is 0.486. The molecular formula is C24H25N7OS. The minimum absolute atomic E-state index is 0.0444. The number of carbonyl (C=O) groups is 1. The van der Waals surface area contributed by atoms with Gasteiger partial charge < -0.3 is 10.2 Å². The number of thiazole rings is 1. The summed E-state index contributed by atoms with van der Waals surface area (Å²) in [4.78, 5) is 26.9. The first-order valence-corrected chi connectivity index (χ1v) is 12.2. The molecule has 1 amide bonds. The molecule has 0 spiro atoms. The number of nitrogens with zero attached hydrogens (tertiary/aromatic N) is 6. The van der Waals surface area contributed by atoms with Gasteiger partial charge in [-0.05, 0) is 55.9 Å². The summed E-state index contributed by atoms with van der Waals surface area (Å²) in [5.41, 5.74) is 2.82. The van der Waals surface area contributed by atoms with Gasteiger partial charge in [-0.1, -0.05) is 30.4 Å². The molecule has 3 aliphatic rings. The van der Waals surface area contributed by atoms with Gasteiger partial charge in [-0.15, -0.1) is 4.80 Å². The lowest BCUT2D eigenvalue weighted by Gasteiger charge is -2.57. The Morgan fingerprint density at radius 1 is 1.12 bits per heavy atom. The second-order valence-corrected chi connectivity index (χ2v) is 10.1. The molecule has 168 valence electrons. The van der Waals surface area contributed by atoms with Crippen LogP contribution in [0.3, 0.4) is 0 Å². The van der Waals surface area contributed by atoms with E-state index in [1.165, 1.54) is 4.80 Å². The van der Waals surface area contributed by atoms with Crippen LogP contribution in [0.1, 0.15) is 35.9 Å². The average molecular weight is 460 g/mol. The number of benzene rings is 1. The van der Waals surface area contributed by atoms with Gasteiger partial charge in [-0.25, -0.2) is 9.97 Å². The van der Waals surface area contributed by atoms with Crippen molar-refractivity contribution in [1.82, 2.24) is 29.9 Å². The smallest absolute Gasteiger partial charge is 0.275 e. The van der Waals surface area contributed by atoms with Crippen molar-refractivity contribution in [3.8, 4) is 5.69 Å². The maximum atomic E-state index is 14.0. The number of hydrogen-bond donors (Lipinski definition) is 1. The van der Waals surface area contributed by atoms with E-state index in [-0.39, 0.29) is 18.0 Å². The fraction of sp³-hybridized carbons (Fsp3) is 0.375. The number of carbonyl (C=O) groups excluding carboxylic acids is 1. The van der Waals surface area contributed by atoms with Crippen LogP contribution in [0.2, 0.25) is 0 Å². The zero-order valence-corrected chi connectivity index (χ0v) is 19.4. The van der Waals surface area contributed by atoms with Crippen molar-refractivity contribution >= 4 is 32.6 Å². The minimum atomic E-state index is -0.0444. The second kappa shape index (κ2) is 7.91. The molecule has 1 aliphatic carbocycles. The van der Waals surface area contributed by atoms with Crippen LogP contribution < -0.4 is 5.32 Å². The van der Waals surface area contributed by atoms with Gasteiger partial charge in [-0.3, -0.25) is 4.79 Å². The summed E-state index contributed by atoms with van der Waals surface area (Å²) in [6.45, 7) is 4.84. The topological polar surface area (TPSA) is 88.8 Å². The normalized spacial score (nSPS) is 24.0. The number of piperidine rings is 2. The summed E-state index contributed by atoms with van der Waals surface area (Å²) in [5.74, 6) is 1.02. The molecule has 0 radical (unpaired) electrons. The van der Waals surface area contributed by atoms with Crippen LogP contribution in [0.15, 0.2) is 48.8 Å². The third kappa shape index (κ3) is 3.47. The van der Waals surface area contributed by atoms with Crippen molar-refractivity contribution in [2.24, 2.45) is 11.8 Å². The molecule has 3 fully saturated rings. The van der Waals surface area contributed by atoms with Gasteiger partial charge in [0.05, 0.1) is 28.7 Å². The Balaban J connectivity index is 1.31. The number of nitrogens with one attached hydrogen (secondary N) is 1. The number of aromatic nitrogens is 5. The van der Waals surface area contributed by atoms with Crippen LogP contribution in [-0.4, -0.2) is 54.4 Å². The van der Waals surface area contributed by atoms with E-state index >= 15 is 0 Å². The Morgan fingerprint density at radius 2 is 1.91 bits per heavy atom. The Labute approximate surface area is 195 Å². The van der Waals surface area contributed by atoms with E-state index in [0.29, 0.717) is 29.8 Å². The van der Waals surface area contributed by atoms with Crippen molar-refractivity contribution in [3.05, 3.63) is 60.2 Å². The molecule has 4 aromatic rings. The highest BCUT2D eigenvalue weighted by Crippen LogP contribution is 2.47. The Hall–Kier alpha value is -3.33. The summed E-state index contributed by atoms with van der Waals surface area (Å²) in [6, 6.07) is 12.2. The van der Waals surface area contributed by atoms with E-state index in [9.17, 15) is 4.79 Å². The predicted molar refractivity (Wildman–Crippen MR) is 128 cm³/mol. The van der Waals surface area contributed by atoms with E-state index in [0.717, 1.165) is 33.9 Å². The fourth-order valence-corrected chi connectivity index (χ4v) is 6.07. The van der Waals surface area contributed by atoms with Crippen molar-refractivity contribution < 1.29 is 4.79 Å². The Morgan fingerprint density at radius 3 is 2.70 bits per heavy atom. The number of fused-ring (bicyclic) bond motifs is 3. The van der Waals surface area contributed by atoms with Gasteiger partial charge in [-0.2, -0.15) is 10.2 Å². The summed E-state index contributed by atoms with van der Waals surface area (Å²) in [5, 5.41) is 12.9. The van der Waals surface area contributed by atoms with Crippen molar-refractivity contribution in [3.63, 3.8) is 0 Å². The van der Waals surface area contributed by atoms with Crippen LogP contribution in [0, 0.1) is 18.8 Å². The molecule has 1 N–H and O–H groups in total. The average Bonchev–Trinajstić information content (AvgIpc) is 3.46. The van der Waals surface area contributed by atoms with Crippen molar-refractivity contribution in [2.45, 2.75) is 38.8 Å². The molecule has 2 bridgehead atoms. The van der Waals surface area contributed by atoms with E-state index in [1.54, 1.807) is 23.7 Å². The largest absolute Gasteiger partial charge is 0.359 e. The van der Waals surface area contributed by atoms with Crippen molar-refractivity contribution in [2.75, 3.05) is 11.9 Å². The third-order valence-electron chi connectivity index (χ3n) is 7.09. The number of amides is 1. The highest BCUT2D eigenvalue weighted by atomic mass is 32.1. The molecule has 33 heavy (non-hydrogen) atoms. The van der Waals surface area contributed by atoms with E-state index in [1.807, 2.05) is 37.3 Å². The lowest BCUT2D eigenvalue weighted by Crippen LogP contribution is -2.64. The lowest BCUT2D eigenvalue weighted by molar-refractivity contribution is -0.0505. The van der Waals surface area contributed by atoms with Crippen molar-refractivity contribution in [1.29, 1.82) is 0 Å². The molecule has 5 heterocycles. The Bertz CT molecular complexity index is 1280. The zero-order valence-electron chi connectivity index (χ0n) is 18.5. The van der Waals surface area contributed by atoms with E-state index in [4.69, 9.17) is 4.98 Å². The van der Waals surface area contributed by atoms with Crippen LogP contribution in [0.4, 0.5) is 5.13 Å². The number of anilines is 1. The minimum Gasteiger partial charge on any atom is -0.359 e. The maximum Gasteiger partial charge on any atom is 0.275 e. The highest BCUT2D eigenvalue weighted by molar-refractivity contribution is 7.22. The number of pyridine rings is 1. The monoisotopic (exact) mass is 459 g/mol. The first-order valence-electron chi connectivity index (χ1n) is 11.3. The van der Waals surface area contributed by atoms with Gasteiger partial charge in [0.25, 0.3) is 5.91 Å². The zero-order chi connectivity index (χ0) is 22.5. The number of para-hydroxylation sites is 1. The Kier molecular flexibility index (Phi) is 4.86. The van der Waals surface area contributed by atoms with Gasteiger partial charge in [0.15, 0.2) is 10.8 Å². The molecule has 8 nitrogen and oxygen atoms in total. The first-order chi connectivity index (χ1) is 16.1. The number of rotatable bonds is 5. The van der Waals surface area contributed by atoms with Gasteiger partial charge in [0.1, 0.15) is 5.69 Å². The van der Waals surface area contributed by atoms with E-state index in [2.05, 4.69) is 38.4 Å². The maximum absolute atomic E-state index is 14.0. The molecule has 0 unspecified atom stereocenters. The number of aryl methyl sites for hydroxylation is 1. The van der Waals surface area contributed by atoms with Crippen LogP contribution in [-0.2, 0) is 0 Å². The summed E-state index contributed by atoms with van der Waals surface area (Å²) < 4.78 is 1.16. The molecule has 3 aromatic heterocycles. The summed E-state index contributed by atoms with van der Waals surface area (Å²) in [6.07, 6.45) is 5.34. The highest BCUT2D eigenvalue weighted by Gasteiger charge is 2.51. The first kappa shape index (κ1) is 20.3. The third-order valence-corrected chi connectivity index (χ3v) is 8.09.